The van der Waals surface area contributed by atoms with Crippen molar-refractivity contribution in [2.24, 2.45) is 0 Å². The quantitative estimate of drug-likeness (QED) is 0.0282. The van der Waals surface area contributed by atoms with Gasteiger partial charge in [0.15, 0.2) is 12.1 Å². The Morgan fingerprint density at radius 2 is 0.903 bits per heavy atom. The van der Waals surface area contributed by atoms with Crippen LogP contribution in [0.4, 0.5) is 0 Å². The Balaban J connectivity index is 4.36. The van der Waals surface area contributed by atoms with Gasteiger partial charge in [-0.2, -0.15) is 0 Å². The largest absolute Gasteiger partial charge is 0.477 e. The number of carboxylic acid groups (broad SMARTS) is 1. The first-order valence-electron chi connectivity index (χ1n) is 25.0. The number of nitrogens with zero attached hydrogens (tertiary/aromatic N) is 1. The number of carbonyl (C=O) groups is 3. The molecule has 2 atom stereocenters. The number of esters is 2. The second kappa shape index (κ2) is 44.4. The van der Waals surface area contributed by atoms with Gasteiger partial charge in [0.25, 0.3) is 0 Å². The van der Waals surface area contributed by atoms with E-state index in [-0.39, 0.29) is 42.7 Å². The van der Waals surface area contributed by atoms with Gasteiger partial charge in [-0.1, -0.05) is 189 Å². The second-order valence-electron chi connectivity index (χ2n) is 17.7. The molecule has 0 saturated carbocycles. The molecule has 0 bridgehead atoms. The maximum atomic E-state index is 12.8. The van der Waals surface area contributed by atoms with Crippen molar-refractivity contribution < 1.29 is 38.2 Å². The van der Waals surface area contributed by atoms with E-state index in [9.17, 15) is 19.5 Å². The van der Waals surface area contributed by atoms with Crippen LogP contribution in [0.15, 0.2) is 72.9 Å². The van der Waals surface area contributed by atoms with Gasteiger partial charge >= 0.3 is 17.9 Å². The zero-order chi connectivity index (χ0) is 45.6. The molecule has 1 N–H and O–H groups in total. The number of likely N-dealkylation sites (N-methyl/N-ethyl adjacent to an activating group) is 1. The van der Waals surface area contributed by atoms with Crippen LogP contribution in [0, 0.1) is 0 Å². The van der Waals surface area contributed by atoms with Crippen LogP contribution in [-0.4, -0.2) is 80.6 Å². The highest BCUT2D eigenvalue weighted by atomic mass is 16.6. The molecule has 8 nitrogen and oxygen atoms in total. The van der Waals surface area contributed by atoms with Gasteiger partial charge in [0.05, 0.1) is 34.4 Å². The molecule has 0 heterocycles. The topological polar surface area (TPSA) is 99.1 Å². The van der Waals surface area contributed by atoms with Crippen molar-refractivity contribution >= 4 is 17.9 Å². The molecule has 0 fully saturated rings. The van der Waals surface area contributed by atoms with Crippen LogP contribution in [-0.2, 0) is 28.6 Å². The lowest BCUT2D eigenvalue weighted by Gasteiger charge is -2.31. The highest BCUT2D eigenvalue weighted by molar-refractivity contribution is 5.72. The molecule has 0 saturated heterocycles. The summed E-state index contributed by atoms with van der Waals surface area (Å²) in [7, 11) is 5.51. The average Bonchev–Trinajstić information content (AvgIpc) is 3.23. The molecule has 0 rings (SSSR count). The van der Waals surface area contributed by atoms with Gasteiger partial charge in [0.1, 0.15) is 6.61 Å². The number of hydrogen-bond acceptors (Lipinski definition) is 6. The number of hydrogen-bond donors (Lipinski definition) is 1. The Morgan fingerprint density at radius 3 is 1.34 bits per heavy atom. The lowest BCUT2D eigenvalue weighted by atomic mass is 10.0. The van der Waals surface area contributed by atoms with E-state index in [0.29, 0.717) is 19.3 Å². The molecule has 0 spiro atoms. The van der Waals surface area contributed by atoms with Crippen molar-refractivity contribution in [1.82, 2.24) is 0 Å². The van der Waals surface area contributed by atoms with Crippen molar-refractivity contribution in [3.63, 3.8) is 0 Å². The van der Waals surface area contributed by atoms with Gasteiger partial charge in [0.2, 0.25) is 0 Å². The van der Waals surface area contributed by atoms with Crippen LogP contribution >= 0.6 is 0 Å². The minimum absolute atomic E-state index is 0.0418. The summed E-state index contributed by atoms with van der Waals surface area (Å²) in [5.41, 5.74) is 0. The zero-order valence-corrected chi connectivity index (χ0v) is 40.6. The molecule has 2 unspecified atom stereocenters. The molecular formula is C54H94NO7+. The zero-order valence-electron chi connectivity index (χ0n) is 40.6. The summed E-state index contributed by atoms with van der Waals surface area (Å²) in [6, 6.07) is -0.625. The molecule has 0 aromatic carbocycles. The van der Waals surface area contributed by atoms with E-state index in [1.54, 1.807) is 0 Å². The van der Waals surface area contributed by atoms with E-state index in [4.69, 9.17) is 14.2 Å². The normalized spacial score (nSPS) is 13.5. The molecule has 0 aromatic heterocycles. The molecule has 0 aliphatic rings. The van der Waals surface area contributed by atoms with Crippen LogP contribution in [0.3, 0.4) is 0 Å². The first-order chi connectivity index (χ1) is 30.1. The first-order valence-corrected chi connectivity index (χ1v) is 25.0. The third-order valence-electron chi connectivity index (χ3n) is 10.9. The molecule has 0 aromatic rings. The lowest BCUT2D eigenvalue weighted by Crippen LogP contribution is -2.50. The Hall–Kier alpha value is -3.23. The molecule has 356 valence electrons. The first kappa shape index (κ1) is 58.8. The van der Waals surface area contributed by atoms with Gasteiger partial charge < -0.3 is 23.8 Å². The van der Waals surface area contributed by atoms with Crippen molar-refractivity contribution in [2.45, 2.75) is 212 Å². The Kier molecular flexibility index (Phi) is 42.1. The van der Waals surface area contributed by atoms with Crippen molar-refractivity contribution in [1.29, 1.82) is 0 Å². The summed E-state index contributed by atoms with van der Waals surface area (Å²) in [5.74, 6) is -1.52. The van der Waals surface area contributed by atoms with E-state index >= 15 is 0 Å². The summed E-state index contributed by atoms with van der Waals surface area (Å²) >= 11 is 0. The molecule has 0 radical (unpaired) electrons. The Morgan fingerprint density at radius 1 is 0.500 bits per heavy atom. The van der Waals surface area contributed by atoms with Crippen molar-refractivity contribution in [2.75, 3.05) is 41.0 Å². The fraction of sp³-hybridized carbons (Fsp3) is 0.722. The molecule has 0 aliphatic carbocycles. The fourth-order valence-electron chi connectivity index (χ4n) is 7.04. The highest BCUT2D eigenvalue weighted by Gasteiger charge is 2.31. The van der Waals surface area contributed by atoms with Crippen molar-refractivity contribution in [3.05, 3.63) is 72.9 Å². The van der Waals surface area contributed by atoms with Crippen LogP contribution in [0.2, 0.25) is 0 Å². The third-order valence-corrected chi connectivity index (χ3v) is 10.9. The Bertz CT molecular complexity index is 1240. The van der Waals surface area contributed by atoms with E-state index < -0.39 is 18.1 Å². The number of unbranched alkanes of at least 4 members (excludes halogenated alkanes) is 18. The average molecular weight is 869 g/mol. The van der Waals surface area contributed by atoms with Gasteiger partial charge in [0, 0.05) is 19.3 Å². The highest BCUT2D eigenvalue weighted by Crippen LogP contribution is 2.15. The Labute approximate surface area is 381 Å². The molecule has 62 heavy (non-hydrogen) atoms. The number of ether oxygens (including phenoxy) is 3. The maximum absolute atomic E-state index is 12.8. The number of carbonyl (C=O) groups excluding carboxylic acids is 2. The number of carboxylic acids is 1. The molecule has 0 aliphatic heterocycles. The standard InChI is InChI=1S/C54H93NO7/c1-6-8-10-12-14-16-18-20-22-24-25-26-27-29-31-33-35-37-39-41-43-45-53(57)62-50(48-60-47-46-51(54(58)59)55(3,4)5)49-61-52(56)44-42-40-38-36-34-32-30-28-23-21-19-17-15-13-11-9-7-2/h8,10,14,16,20,22,25-26,29,31,35,37,50-51H,6-7,9,11-13,15,17-19,21,23-24,27-28,30,32-34,36,38-49H2,1-5H3/p+1/b10-8+,16-14+,22-20+,26-25+,31-29+,37-35+. The second-order valence-corrected chi connectivity index (χ2v) is 17.7. The third kappa shape index (κ3) is 42.1. The molecular weight excluding hydrogens is 775 g/mol. The van der Waals surface area contributed by atoms with E-state index in [1.165, 1.54) is 89.9 Å². The van der Waals surface area contributed by atoms with Gasteiger partial charge in [-0.3, -0.25) is 9.59 Å². The van der Waals surface area contributed by atoms with Crippen LogP contribution in [0.25, 0.3) is 0 Å². The number of rotatable bonds is 44. The minimum atomic E-state index is -0.883. The molecule has 8 heteroatoms. The molecule has 0 amide bonds. The number of allylic oxidation sites excluding steroid dienone is 12. The lowest BCUT2D eigenvalue weighted by molar-refractivity contribution is -0.887. The van der Waals surface area contributed by atoms with E-state index in [2.05, 4.69) is 86.8 Å². The van der Waals surface area contributed by atoms with Gasteiger partial charge in [-0.15, -0.1) is 0 Å². The van der Waals surface area contributed by atoms with Crippen LogP contribution in [0.1, 0.15) is 200 Å². The van der Waals surface area contributed by atoms with Crippen LogP contribution < -0.4 is 0 Å². The maximum Gasteiger partial charge on any atom is 0.362 e. The number of quaternary nitrogens is 1. The summed E-state index contributed by atoms with van der Waals surface area (Å²) in [6.45, 7) is 4.59. The summed E-state index contributed by atoms with van der Waals surface area (Å²) in [4.78, 5) is 37.1. The summed E-state index contributed by atoms with van der Waals surface area (Å²) in [5, 5.41) is 9.65. The minimum Gasteiger partial charge on any atom is -0.477 e. The summed E-state index contributed by atoms with van der Waals surface area (Å²) in [6.07, 6.45) is 56.7. The van der Waals surface area contributed by atoms with Gasteiger partial charge in [-0.05, 0) is 64.2 Å². The van der Waals surface area contributed by atoms with Crippen LogP contribution in [0.5, 0.6) is 0 Å². The van der Waals surface area contributed by atoms with E-state index in [1.807, 2.05) is 21.1 Å². The summed E-state index contributed by atoms with van der Waals surface area (Å²) < 4.78 is 17.3. The predicted molar refractivity (Wildman–Crippen MR) is 261 cm³/mol. The smallest absolute Gasteiger partial charge is 0.362 e. The number of aliphatic carboxylic acids is 1. The monoisotopic (exact) mass is 869 g/mol. The fourth-order valence-corrected chi connectivity index (χ4v) is 7.04. The SMILES string of the molecule is CC/C=C/C/C=C/C/C=C/C/C=C/C/C=C/C/C=C/CCCCC(=O)OC(COCCC(C(=O)O)[N+](C)(C)C)COC(=O)CCCCCCCCCCCCCCCCCCC. The van der Waals surface area contributed by atoms with E-state index in [0.717, 1.165) is 70.6 Å². The predicted octanol–water partition coefficient (Wildman–Crippen LogP) is 14.3. The van der Waals surface area contributed by atoms with Gasteiger partial charge in [-0.25, -0.2) is 4.79 Å². The van der Waals surface area contributed by atoms with Crippen molar-refractivity contribution in [3.8, 4) is 0 Å².